The molecule has 0 aliphatic carbocycles. The number of thiophene rings is 1. The zero-order valence-electron chi connectivity index (χ0n) is 10.3. The maximum absolute atomic E-state index is 11.7. The van der Waals surface area contributed by atoms with Gasteiger partial charge in [0.1, 0.15) is 17.8 Å². The van der Waals surface area contributed by atoms with E-state index < -0.39 is 11.4 Å². The Morgan fingerprint density at radius 1 is 1.32 bits per heavy atom. The Morgan fingerprint density at radius 2 is 2.16 bits per heavy atom. The van der Waals surface area contributed by atoms with Crippen LogP contribution in [0.3, 0.4) is 0 Å². The van der Waals surface area contributed by atoms with Gasteiger partial charge in [0.25, 0.3) is 0 Å². The Kier molecular flexibility index (Phi) is 3.03. The third-order valence-corrected chi connectivity index (χ3v) is 4.43. The largest absolute Gasteiger partial charge is 0.492 e. The summed E-state index contributed by atoms with van der Waals surface area (Å²) in [5, 5.41) is 11.6. The molecule has 2 aromatic rings. The van der Waals surface area contributed by atoms with Gasteiger partial charge in [-0.05, 0) is 29.5 Å². The van der Waals surface area contributed by atoms with E-state index in [9.17, 15) is 9.90 Å². The third kappa shape index (κ3) is 2.24. The maximum atomic E-state index is 11.7. The predicted molar refractivity (Wildman–Crippen MR) is 73.7 cm³/mol. The number of hydrogen-bond donors (Lipinski definition) is 1. The molecule has 0 saturated heterocycles. The van der Waals surface area contributed by atoms with Gasteiger partial charge in [-0.25, -0.2) is 0 Å². The van der Waals surface area contributed by atoms with Gasteiger partial charge >= 0.3 is 5.97 Å². The van der Waals surface area contributed by atoms with E-state index in [1.165, 1.54) is 0 Å². The number of para-hydroxylation sites is 1. The lowest BCUT2D eigenvalue weighted by Gasteiger charge is -2.34. The van der Waals surface area contributed by atoms with Gasteiger partial charge in [-0.1, -0.05) is 24.3 Å². The van der Waals surface area contributed by atoms with Gasteiger partial charge in [0, 0.05) is 11.3 Å². The minimum atomic E-state index is -0.848. The molecule has 1 N–H and O–H groups in total. The minimum Gasteiger partial charge on any atom is -0.492 e. The van der Waals surface area contributed by atoms with Crippen LogP contribution in [0.1, 0.15) is 10.4 Å². The first-order valence-corrected chi connectivity index (χ1v) is 7.04. The second kappa shape index (κ2) is 4.70. The first-order chi connectivity index (χ1) is 9.20. The first-order valence-electron chi connectivity index (χ1n) is 6.16. The van der Waals surface area contributed by atoms with E-state index in [1.807, 2.05) is 41.8 Å². The molecule has 0 radical (unpaired) electrons. The zero-order valence-corrected chi connectivity index (χ0v) is 11.2. The molecule has 1 unspecified atom stereocenters. The van der Waals surface area contributed by atoms with Gasteiger partial charge < -0.3 is 9.84 Å². The number of carboxylic acids is 1. The second-order valence-electron chi connectivity index (χ2n) is 4.91. The molecule has 1 aromatic heterocycles. The standard InChI is InChI=1S/C15H14O3S/c16-14(17)15(9-12-5-3-7-19-12)8-11-4-1-2-6-13(11)18-10-15/h1-7H,8-10H2,(H,16,17). The summed E-state index contributed by atoms with van der Waals surface area (Å²) in [5.41, 5.74) is 0.131. The number of hydrogen-bond acceptors (Lipinski definition) is 3. The Hall–Kier alpha value is -1.81. The van der Waals surface area contributed by atoms with Gasteiger partial charge in [0.05, 0.1) is 0 Å². The number of fused-ring (bicyclic) bond motifs is 1. The van der Waals surface area contributed by atoms with E-state index >= 15 is 0 Å². The molecule has 1 atom stereocenters. The quantitative estimate of drug-likeness (QED) is 0.936. The summed E-state index contributed by atoms with van der Waals surface area (Å²) in [6.45, 7) is 0.233. The molecule has 98 valence electrons. The molecule has 1 aromatic carbocycles. The summed E-state index contributed by atoms with van der Waals surface area (Å²) in [5.74, 6) is 0.0287. The second-order valence-corrected chi connectivity index (χ2v) is 5.95. The van der Waals surface area contributed by atoms with E-state index in [4.69, 9.17) is 4.74 Å². The molecule has 1 aliphatic heterocycles. The molecule has 0 saturated carbocycles. The maximum Gasteiger partial charge on any atom is 0.313 e. The SMILES string of the molecule is O=C(O)C1(Cc2cccs2)COc2ccccc2C1. The van der Waals surface area contributed by atoms with Crippen molar-refractivity contribution in [3.8, 4) is 5.75 Å². The van der Waals surface area contributed by atoms with Crippen LogP contribution in [0.4, 0.5) is 0 Å². The topological polar surface area (TPSA) is 46.5 Å². The van der Waals surface area contributed by atoms with E-state index in [2.05, 4.69) is 0 Å². The van der Waals surface area contributed by atoms with E-state index in [1.54, 1.807) is 11.3 Å². The first kappa shape index (κ1) is 12.2. The molecule has 2 heterocycles. The van der Waals surface area contributed by atoms with Crippen LogP contribution in [0, 0.1) is 5.41 Å². The molecular formula is C15H14O3S. The van der Waals surface area contributed by atoms with Crippen LogP contribution in [-0.2, 0) is 17.6 Å². The molecule has 3 rings (SSSR count). The minimum absolute atomic E-state index is 0.233. The number of rotatable bonds is 3. The Bertz CT molecular complexity index is 591. The number of ether oxygens (including phenoxy) is 1. The molecule has 0 spiro atoms. The highest BCUT2D eigenvalue weighted by Gasteiger charge is 2.43. The van der Waals surface area contributed by atoms with E-state index in [0.717, 1.165) is 16.2 Å². The lowest BCUT2D eigenvalue weighted by molar-refractivity contribution is -0.151. The zero-order chi connectivity index (χ0) is 13.3. The summed E-state index contributed by atoms with van der Waals surface area (Å²) in [6.07, 6.45) is 1.05. The summed E-state index contributed by atoms with van der Waals surface area (Å²) in [4.78, 5) is 12.8. The Balaban J connectivity index is 1.93. The summed E-state index contributed by atoms with van der Waals surface area (Å²) >= 11 is 1.59. The van der Waals surface area contributed by atoms with Crippen LogP contribution < -0.4 is 4.74 Å². The molecule has 3 nitrogen and oxygen atoms in total. The molecular weight excluding hydrogens is 260 g/mol. The molecule has 19 heavy (non-hydrogen) atoms. The van der Waals surface area contributed by atoms with E-state index in [0.29, 0.717) is 12.8 Å². The van der Waals surface area contributed by atoms with Crippen molar-refractivity contribution < 1.29 is 14.6 Å². The average molecular weight is 274 g/mol. The van der Waals surface area contributed by atoms with Crippen LogP contribution in [0.15, 0.2) is 41.8 Å². The van der Waals surface area contributed by atoms with Crippen molar-refractivity contribution in [2.75, 3.05) is 6.61 Å². The van der Waals surface area contributed by atoms with Crippen molar-refractivity contribution in [2.24, 2.45) is 5.41 Å². The van der Waals surface area contributed by atoms with Gasteiger partial charge in [0.15, 0.2) is 0 Å². The Labute approximate surface area is 115 Å². The number of carbonyl (C=O) groups is 1. The fraction of sp³-hybridized carbons (Fsp3) is 0.267. The average Bonchev–Trinajstić information content (AvgIpc) is 2.91. The van der Waals surface area contributed by atoms with Crippen molar-refractivity contribution in [2.45, 2.75) is 12.8 Å². The van der Waals surface area contributed by atoms with Crippen LogP contribution in [0.25, 0.3) is 0 Å². The Morgan fingerprint density at radius 3 is 2.89 bits per heavy atom. The normalized spacial score (nSPS) is 21.5. The third-order valence-electron chi connectivity index (χ3n) is 3.55. The van der Waals surface area contributed by atoms with Gasteiger partial charge in [0.2, 0.25) is 0 Å². The lowest BCUT2D eigenvalue weighted by Crippen LogP contribution is -2.43. The highest BCUT2D eigenvalue weighted by atomic mass is 32.1. The van der Waals surface area contributed by atoms with Crippen LogP contribution in [0.5, 0.6) is 5.75 Å². The van der Waals surface area contributed by atoms with Crippen LogP contribution >= 0.6 is 11.3 Å². The molecule has 4 heteroatoms. The van der Waals surface area contributed by atoms with Crippen LogP contribution in [-0.4, -0.2) is 17.7 Å². The molecule has 0 amide bonds. The predicted octanol–water partition coefficient (Wildman–Crippen LogP) is 3.00. The lowest BCUT2D eigenvalue weighted by atomic mass is 9.77. The van der Waals surface area contributed by atoms with E-state index in [-0.39, 0.29) is 6.61 Å². The van der Waals surface area contributed by atoms with Crippen molar-refractivity contribution in [1.82, 2.24) is 0 Å². The van der Waals surface area contributed by atoms with Gasteiger partial charge in [-0.15, -0.1) is 11.3 Å². The fourth-order valence-electron chi connectivity index (χ4n) is 2.50. The van der Waals surface area contributed by atoms with Crippen molar-refractivity contribution in [3.63, 3.8) is 0 Å². The van der Waals surface area contributed by atoms with Gasteiger partial charge in [-0.3, -0.25) is 4.79 Å². The van der Waals surface area contributed by atoms with Crippen LogP contribution in [0.2, 0.25) is 0 Å². The summed E-state index contributed by atoms with van der Waals surface area (Å²) in [7, 11) is 0. The monoisotopic (exact) mass is 274 g/mol. The number of carboxylic acid groups (broad SMARTS) is 1. The molecule has 1 aliphatic rings. The van der Waals surface area contributed by atoms with Crippen molar-refractivity contribution in [1.29, 1.82) is 0 Å². The fourth-order valence-corrected chi connectivity index (χ4v) is 3.34. The molecule has 0 bridgehead atoms. The smallest absolute Gasteiger partial charge is 0.313 e. The summed E-state index contributed by atoms with van der Waals surface area (Å²) < 4.78 is 5.67. The van der Waals surface area contributed by atoms with Crippen molar-refractivity contribution >= 4 is 17.3 Å². The highest BCUT2D eigenvalue weighted by molar-refractivity contribution is 7.09. The number of aliphatic carboxylic acids is 1. The van der Waals surface area contributed by atoms with Gasteiger partial charge in [-0.2, -0.15) is 0 Å². The summed E-state index contributed by atoms with van der Waals surface area (Å²) in [6, 6.07) is 11.6. The van der Waals surface area contributed by atoms with Crippen molar-refractivity contribution in [3.05, 3.63) is 52.2 Å². The highest BCUT2D eigenvalue weighted by Crippen LogP contribution is 2.38. The molecule has 0 fully saturated rings. The number of benzene rings is 1.